The first-order valence-electron chi connectivity index (χ1n) is 3.55. The molecule has 0 spiro atoms. The van der Waals surface area contributed by atoms with Crippen molar-refractivity contribution >= 4 is 5.69 Å². The number of nitrogens with two attached hydrogens (primary N) is 1. The van der Waals surface area contributed by atoms with Gasteiger partial charge in [-0.3, -0.25) is 21.4 Å². The second-order valence-corrected chi connectivity index (χ2v) is 2.46. The minimum atomic E-state index is -0.644. The molecule has 1 aromatic rings. The van der Waals surface area contributed by atoms with Gasteiger partial charge in [-0.25, -0.2) is 0 Å². The molecule has 4 N–H and O–H groups in total. The highest BCUT2D eigenvalue weighted by molar-refractivity contribution is 5.47. The number of hydrogen-bond donors (Lipinski definition) is 3. The van der Waals surface area contributed by atoms with Gasteiger partial charge in [-0.15, -0.1) is 0 Å². The molecule has 6 heteroatoms. The van der Waals surface area contributed by atoms with Gasteiger partial charge in [-0.1, -0.05) is 6.07 Å². The molecule has 0 bridgehead atoms. The van der Waals surface area contributed by atoms with Crippen LogP contribution >= 0.6 is 0 Å². The minimum Gasteiger partial charge on any atom is -0.502 e. The number of hydrazine groups is 1. The van der Waals surface area contributed by atoms with Crippen LogP contribution in [-0.4, -0.2) is 10.0 Å². The molecule has 0 aliphatic carbocycles. The van der Waals surface area contributed by atoms with Gasteiger partial charge in [0.15, 0.2) is 5.75 Å². The third-order valence-corrected chi connectivity index (χ3v) is 1.54. The number of hydrogen-bond acceptors (Lipinski definition) is 5. The molecule has 0 amide bonds. The summed E-state index contributed by atoms with van der Waals surface area (Å²) in [4.78, 5) is 9.65. The van der Waals surface area contributed by atoms with E-state index in [0.29, 0.717) is 12.1 Å². The lowest BCUT2D eigenvalue weighted by molar-refractivity contribution is -0.385. The van der Waals surface area contributed by atoms with Crippen molar-refractivity contribution in [1.29, 1.82) is 0 Å². The van der Waals surface area contributed by atoms with Crippen molar-refractivity contribution in [2.45, 2.75) is 6.54 Å². The fourth-order valence-corrected chi connectivity index (χ4v) is 0.951. The van der Waals surface area contributed by atoms with Crippen LogP contribution in [-0.2, 0) is 6.54 Å². The summed E-state index contributed by atoms with van der Waals surface area (Å²) in [5.74, 6) is 4.69. The summed E-state index contributed by atoms with van der Waals surface area (Å²) in [5, 5.41) is 19.5. The van der Waals surface area contributed by atoms with Gasteiger partial charge in [-0.2, -0.15) is 0 Å². The van der Waals surface area contributed by atoms with Gasteiger partial charge >= 0.3 is 5.69 Å². The van der Waals surface area contributed by atoms with E-state index in [0.717, 1.165) is 0 Å². The molecule has 13 heavy (non-hydrogen) atoms. The van der Waals surface area contributed by atoms with E-state index in [2.05, 4.69) is 5.43 Å². The van der Waals surface area contributed by atoms with Crippen LogP contribution in [0.2, 0.25) is 0 Å². The standard InChI is InChI=1S/C7H9N3O3/c8-9-4-5-1-2-6(10(12)13)7(11)3-5/h1-3,9,11H,4,8H2. The summed E-state index contributed by atoms with van der Waals surface area (Å²) in [6, 6.07) is 4.07. The highest BCUT2D eigenvalue weighted by Gasteiger charge is 2.12. The van der Waals surface area contributed by atoms with Crippen LogP contribution < -0.4 is 11.3 Å². The largest absolute Gasteiger partial charge is 0.502 e. The van der Waals surface area contributed by atoms with Crippen LogP contribution in [0.3, 0.4) is 0 Å². The molecule has 1 rings (SSSR count). The highest BCUT2D eigenvalue weighted by Crippen LogP contribution is 2.25. The van der Waals surface area contributed by atoms with Crippen molar-refractivity contribution in [3.63, 3.8) is 0 Å². The summed E-state index contributed by atoms with van der Waals surface area (Å²) in [6.45, 7) is 0.353. The van der Waals surface area contributed by atoms with E-state index in [1.165, 1.54) is 18.2 Å². The van der Waals surface area contributed by atoms with Gasteiger partial charge in [0.25, 0.3) is 0 Å². The lowest BCUT2D eigenvalue weighted by Gasteiger charge is -2.00. The molecule has 0 aromatic heterocycles. The number of nitro benzene ring substituents is 1. The second-order valence-electron chi connectivity index (χ2n) is 2.46. The monoisotopic (exact) mass is 183 g/mol. The molecule has 0 fully saturated rings. The minimum absolute atomic E-state index is 0.305. The average molecular weight is 183 g/mol. The third kappa shape index (κ3) is 2.14. The number of phenols is 1. The molecular weight excluding hydrogens is 174 g/mol. The molecule has 0 atom stereocenters. The summed E-state index contributed by atoms with van der Waals surface area (Å²) in [7, 11) is 0. The fraction of sp³-hybridized carbons (Fsp3) is 0.143. The molecule has 0 saturated carbocycles. The van der Waals surface area contributed by atoms with E-state index >= 15 is 0 Å². The Labute approximate surface area is 74.1 Å². The SMILES string of the molecule is NNCc1ccc([N+](=O)[O-])c(O)c1. The number of phenolic OH excluding ortho intramolecular Hbond substituents is 1. The highest BCUT2D eigenvalue weighted by atomic mass is 16.6. The molecular formula is C7H9N3O3. The topological polar surface area (TPSA) is 101 Å². The van der Waals surface area contributed by atoms with Gasteiger partial charge in [0.2, 0.25) is 0 Å². The molecule has 0 saturated heterocycles. The summed E-state index contributed by atoms with van der Waals surface area (Å²) in [6.07, 6.45) is 0. The maximum atomic E-state index is 10.3. The van der Waals surface area contributed by atoms with E-state index in [4.69, 9.17) is 5.84 Å². The average Bonchev–Trinajstić information content (AvgIpc) is 2.04. The van der Waals surface area contributed by atoms with Gasteiger partial charge in [0, 0.05) is 12.6 Å². The van der Waals surface area contributed by atoms with Crippen molar-refractivity contribution < 1.29 is 10.0 Å². The van der Waals surface area contributed by atoms with Crippen LogP contribution in [0.15, 0.2) is 18.2 Å². The maximum Gasteiger partial charge on any atom is 0.310 e. The Bertz CT molecular complexity index is 327. The summed E-state index contributed by atoms with van der Waals surface area (Å²) in [5.41, 5.74) is 2.76. The Kier molecular flexibility index (Phi) is 2.78. The smallest absolute Gasteiger partial charge is 0.310 e. The lowest BCUT2D eigenvalue weighted by atomic mass is 10.2. The third-order valence-electron chi connectivity index (χ3n) is 1.54. The molecule has 0 radical (unpaired) electrons. The van der Waals surface area contributed by atoms with Gasteiger partial charge in [-0.05, 0) is 11.6 Å². The van der Waals surface area contributed by atoms with Gasteiger partial charge < -0.3 is 5.11 Å². The van der Waals surface area contributed by atoms with E-state index < -0.39 is 4.92 Å². The number of nitrogens with one attached hydrogen (secondary N) is 1. The van der Waals surface area contributed by atoms with E-state index in [1.807, 2.05) is 0 Å². The molecule has 1 aromatic carbocycles. The number of rotatable bonds is 3. The number of nitro groups is 1. The van der Waals surface area contributed by atoms with E-state index in [-0.39, 0.29) is 11.4 Å². The van der Waals surface area contributed by atoms with Crippen LogP contribution in [0.1, 0.15) is 5.56 Å². The lowest BCUT2D eigenvalue weighted by Crippen LogP contribution is -2.20. The Balaban J connectivity index is 2.98. The Morgan fingerprint density at radius 2 is 2.31 bits per heavy atom. The van der Waals surface area contributed by atoms with Crippen LogP contribution in [0.4, 0.5) is 5.69 Å². The van der Waals surface area contributed by atoms with Crippen molar-refractivity contribution in [2.24, 2.45) is 5.84 Å². The Morgan fingerprint density at radius 3 is 2.77 bits per heavy atom. The zero-order valence-electron chi connectivity index (χ0n) is 6.73. The number of benzene rings is 1. The van der Waals surface area contributed by atoms with Crippen molar-refractivity contribution in [3.05, 3.63) is 33.9 Å². The summed E-state index contributed by atoms with van der Waals surface area (Å²) >= 11 is 0. The predicted molar refractivity (Wildman–Crippen MR) is 45.8 cm³/mol. The Hall–Kier alpha value is -1.66. The quantitative estimate of drug-likeness (QED) is 0.354. The van der Waals surface area contributed by atoms with E-state index in [9.17, 15) is 15.2 Å². The van der Waals surface area contributed by atoms with Crippen molar-refractivity contribution in [2.75, 3.05) is 0 Å². The van der Waals surface area contributed by atoms with Gasteiger partial charge in [0.05, 0.1) is 4.92 Å². The zero-order valence-corrected chi connectivity index (χ0v) is 6.73. The van der Waals surface area contributed by atoms with Crippen LogP contribution in [0.5, 0.6) is 5.75 Å². The fourth-order valence-electron chi connectivity index (χ4n) is 0.951. The first-order chi connectivity index (χ1) is 6.15. The van der Waals surface area contributed by atoms with E-state index in [1.54, 1.807) is 0 Å². The zero-order chi connectivity index (χ0) is 9.84. The molecule has 0 aliphatic heterocycles. The maximum absolute atomic E-state index is 10.3. The molecule has 6 nitrogen and oxygen atoms in total. The van der Waals surface area contributed by atoms with Crippen LogP contribution in [0.25, 0.3) is 0 Å². The molecule has 0 aliphatic rings. The Morgan fingerprint density at radius 1 is 1.62 bits per heavy atom. The molecule has 0 heterocycles. The van der Waals surface area contributed by atoms with Crippen molar-refractivity contribution in [3.8, 4) is 5.75 Å². The number of nitrogens with zero attached hydrogens (tertiary/aromatic N) is 1. The molecule has 70 valence electrons. The summed E-state index contributed by atoms with van der Waals surface area (Å²) < 4.78 is 0. The molecule has 0 unspecified atom stereocenters. The van der Waals surface area contributed by atoms with Gasteiger partial charge in [0.1, 0.15) is 0 Å². The van der Waals surface area contributed by atoms with Crippen molar-refractivity contribution in [1.82, 2.24) is 5.43 Å². The van der Waals surface area contributed by atoms with Crippen LogP contribution in [0, 0.1) is 10.1 Å². The number of aromatic hydroxyl groups is 1. The second kappa shape index (κ2) is 3.83. The normalized spacial score (nSPS) is 9.92. The predicted octanol–water partition coefficient (Wildman–Crippen LogP) is 0.264. The first-order valence-corrected chi connectivity index (χ1v) is 3.55. The first kappa shape index (κ1) is 9.43.